The molecule has 2 aliphatic rings. The molecule has 318 valence electrons. The van der Waals surface area contributed by atoms with Gasteiger partial charge >= 0.3 is 6.18 Å². The van der Waals surface area contributed by atoms with Gasteiger partial charge in [0.1, 0.15) is 35.2 Å². The van der Waals surface area contributed by atoms with Gasteiger partial charge in [-0.1, -0.05) is 23.6 Å². The van der Waals surface area contributed by atoms with E-state index in [4.69, 9.17) is 21.3 Å². The average molecular weight is 882 g/mol. The Morgan fingerprint density at radius 2 is 1.78 bits per heavy atom. The number of carbonyl (C=O) groups is 1. The first-order chi connectivity index (χ1) is 28.0. The number of ether oxygens (including phenoxy) is 1. The summed E-state index contributed by atoms with van der Waals surface area (Å²) in [4.78, 5) is 18.7. The molecule has 3 heterocycles. The Morgan fingerprint density at radius 3 is 2.40 bits per heavy atom. The van der Waals surface area contributed by atoms with Crippen molar-refractivity contribution in [2.45, 2.75) is 62.4 Å². The third-order valence-electron chi connectivity index (χ3n) is 10.3. The van der Waals surface area contributed by atoms with E-state index in [9.17, 15) is 40.3 Å². The van der Waals surface area contributed by atoms with Crippen molar-refractivity contribution < 1.29 is 53.8 Å². The normalized spacial score (nSPS) is 18.5. The SMILES string of the molecule is COCC(C)(O)C#Cc1ccc(-c2ccc(Cl)c3c(NS(C)(=O)=O)nn(C)c23)c(C(Cc2cc(F)cc(F)c2)NC(=O)Cn2nc(C(F)(F)F)c3c2C(F)(F)C2CCC32)n1. The molecule has 5 aromatic rings. The van der Waals surface area contributed by atoms with Gasteiger partial charge in [-0.05, 0) is 73.9 Å². The van der Waals surface area contributed by atoms with E-state index < -0.39 is 93.1 Å². The fourth-order valence-electron chi connectivity index (χ4n) is 7.91. The van der Waals surface area contributed by atoms with Crippen LogP contribution in [0.15, 0.2) is 42.5 Å². The molecule has 3 N–H and O–H groups in total. The van der Waals surface area contributed by atoms with E-state index >= 15 is 8.78 Å². The Morgan fingerprint density at radius 1 is 1.10 bits per heavy atom. The van der Waals surface area contributed by atoms with Crippen LogP contribution in [0.1, 0.15) is 65.6 Å². The summed E-state index contributed by atoms with van der Waals surface area (Å²) in [5.41, 5.74) is -4.15. The molecular weight excluding hydrogens is 847 g/mol. The lowest BCUT2D eigenvalue weighted by Crippen LogP contribution is -2.36. The molecule has 2 aliphatic carbocycles. The lowest BCUT2D eigenvalue weighted by Gasteiger charge is -2.34. The van der Waals surface area contributed by atoms with E-state index in [-0.39, 0.29) is 63.7 Å². The van der Waals surface area contributed by atoms with E-state index in [0.29, 0.717) is 16.3 Å². The van der Waals surface area contributed by atoms with Crippen molar-refractivity contribution in [2.24, 2.45) is 13.0 Å². The Kier molecular flexibility index (Phi) is 11.0. The first-order valence-electron chi connectivity index (χ1n) is 18.2. The molecule has 1 amide bonds. The molecule has 12 nitrogen and oxygen atoms in total. The van der Waals surface area contributed by atoms with Gasteiger partial charge in [-0.15, -0.1) is 0 Å². The zero-order chi connectivity index (χ0) is 43.7. The summed E-state index contributed by atoms with van der Waals surface area (Å²) in [6, 6.07) is 7.07. The van der Waals surface area contributed by atoms with Crippen LogP contribution in [0.4, 0.5) is 36.6 Å². The van der Waals surface area contributed by atoms with Gasteiger partial charge < -0.3 is 15.2 Å². The number of nitrogens with zero attached hydrogens (tertiary/aromatic N) is 5. The van der Waals surface area contributed by atoms with Gasteiger partial charge in [0.25, 0.3) is 5.92 Å². The minimum absolute atomic E-state index is 0.000669. The number of fused-ring (bicyclic) bond motifs is 4. The second kappa shape index (κ2) is 15.3. The quantitative estimate of drug-likeness (QED) is 0.0992. The molecule has 0 spiro atoms. The predicted octanol–water partition coefficient (Wildman–Crippen LogP) is 6.60. The number of hydrogen-bond acceptors (Lipinski definition) is 8. The largest absolute Gasteiger partial charge is 0.435 e. The molecule has 0 radical (unpaired) electrons. The van der Waals surface area contributed by atoms with Crippen LogP contribution < -0.4 is 10.0 Å². The fraction of sp³-hybridized carbons (Fsp3) is 0.385. The maximum absolute atomic E-state index is 15.7. The highest BCUT2D eigenvalue weighted by Gasteiger charge is 2.63. The number of rotatable bonds is 11. The predicted molar refractivity (Wildman–Crippen MR) is 204 cm³/mol. The average Bonchev–Trinajstić information content (AvgIpc) is 3.68. The highest BCUT2D eigenvalue weighted by Crippen LogP contribution is 2.64. The van der Waals surface area contributed by atoms with Crippen molar-refractivity contribution >= 4 is 44.3 Å². The third kappa shape index (κ3) is 8.27. The highest BCUT2D eigenvalue weighted by atomic mass is 35.5. The minimum atomic E-state index is -5.10. The molecule has 4 atom stereocenters. The second-order valence-electron chi connectivity index (χ2n) is 15.0. The summed E-state index contributed by atoms with van der Waals surface area (Å²) in [7, 11) is -1.03. The zero-order valence-corrected chi connectivity index (χ0v) is 33.6. The van der Waals surface area contributed by atoms with Crippen LogP contribution in [-0.2, 0) is 51.7 Å². The highest BCUT2D eigenvalue weighted by molar-refractivity contribution is 7.92. The van der Waals surface area contributed by atoms with Crippen molar-refractivity contribution in [3.8, 4) is 23.0 Å². The van der Waals surface area contributed by atoms with Gasteiger partial charge in [0.2, 0.25) is 15.9 Å². The fourth-order valence-corrected chi connectivity index (χ4v) is 8.65. The van der Waals surface area contributed by atoms with E-state index in [2.05, 4.69) is 32.1 Å². The number of methoxy groups -OCH3 is 1. The summed E-state index contributed by atoms with van der Waals surface area (Å²) >= 11 is 6.58. The first kappa shape index (κ1) is 42.9. The van der Waals surface area contributed by atoms with E-state index in [1.54, 1.807) is 0 Å². The Hall–Kier alpha value is -5.23. The van der Waals surface area contributed by atoms with Crippen LogP contribution in [0.2, 0.25) is 5.02 Å². The van der Waals surface area contributed by atoms with Crippen LogP contribution in [0, 0.1) is 29.4 Å². The number of sulfonamides is 1. The lowest BCUT2D eigenvalue weighted by atomic mass is 9.73. The lowest BCUT2D eigenvalue weighted by molar-refractivity contribution is -0.144. The van der Waals surface area contributed by atoms with Gasteiger partial charge in [0.15, 0.2) is 11.5 Å². The number of pyridine rings is 1. The van der Waals surface area contributed by atoms with Crippen LogP contribution >= 0.6 is 11.6 Å². The molecule has 0 bridgehead atoms. The molecule has 2 aromatic carbocycles. The van der Waals surface area contributed by atoms with E-state index in [0.717, 1.165) is 18.4 Å². The summed E-state index contributed by atoms with van der Waals surface area (Å²) in [5.74, 6) is -4.02. The van der Waals surface area contributed by atoms with Crippen LogP contribution in [0.25, 0.3) is 22.0 Å². The standard InChI is InChI=1S/C39H35ClF7N7O5S/c1-37(56,18-59-3)12-11-22-5-6-23(24-8-10-27(40)31-33(24)53(2)51-36(31)52-60(4,57)58)32(48-22)28(15-19-13-20(41)16-21(42)14-19)49-29(55)17-54-35-30(34(50-54)39(45,46)47)25-7-9-26(25)38(35,43)44/h5-6,8,10,13-14,16,25-26,28,56H,7,9,15,17-18H2,1-4H3,(H,49,55)(H,51,52). The summed E-state index contributed by atoms with van der Waals surface area (Å²) in [6.07, 6.45) is -4.54. The Balaban J connectivity index is 1.40. The molecular formula is C39H35ClF7N7O5S. The molecule has 21 heteroatoms. The number of carbonyl (C=O) groups excluding carboxylic acids is 1. The Labute approximate surface area is 343 Å². The van der Waals surface area contributed by atoms with E-state index in [1.807, 2.05) is 0 Å². The number of aryl methyl sites for hydroxylation is 1. The number of benzene rings is 2. The molecule has 0 aliphatic heterocycles. The van der Waals surface area contributed by atoms with Crippen LogP contribution in [0.3, 0.4) is 0 Å². The molecule has 7 rings (SSSR count). The molecule has 0 saturated heterocycles. The topological polar surface area (TPSA) is 153 Å². The van der Waals surface area contributed by atoms with Crippen LogP contribution in [-0.4, -0.2) is 69.5 Å². The van der Waals surface area contributed by atoms with Gasteiger partial charge in [-0.2, -0.15) is 32.1 Å². The van der Waals surface area contributed by atoms with Gasteiger partial charge in [0, 0.05) is 42.8 Å². The second-order valence-corrected chi connectivity index (χ2v) is 17.2. The van der Waals surface area contributed by atoms with Crippen molar-refractivity contribution in [2.75, 3.05) is 24.7 Å². The van der Waals surface area contributed by atoms with Gasteiger partial charge in [-0.25, -0.2) is 22.2 Å². The summed E-state index contributed by atoms with van der Waals surface area (Å²) < 4.78 is 137. The summed E-state index contributed by atoms with van der Waals surface area (Å²) in [6.45, 7) is 0.0691. The number of halogens is 8. The van der Waals surface area contributed by atoms with Crippen molar-refractivity contribution in [3.63, 3.8) is 0 Å². The third-order valence-corrected chi connectivity index (χ3v) is 11.2. The number of hydrogen-bond donors (Lipinski definition) is 3. The van der Waals surface area contributed by atoms with Crippen molar-refractivity contribution in [1.29, 1.82) is 0 Å². The van der Waals surface area contributed by atoms with Crippen molar-refractivity contribution in [1.82, 2.24) is 29.9 Å². The maximum atomic E-state index is 15.7. The van der Waals surface area contributed by atoms with Crippen molar-refractivity contribution in [3.05, 3.63) is 93.0 Å². The molecule has 1 fully saturated rings. The van der Waals surface area contributed by atoms with Gasteiger partial charge in [0.05, 0.1) is 40.5 Å². The van der Waals surface area contributed by atoms with Gasteiger partial charge in [-0.3, -0.25) is 18.9 Å². The number of alkyl halides is 5. The summed E-state index contributed by atoms with van der Waals surface area (Å²) in [5, 5.41) is 21.3. The number of aromatic nitrogens is 5. The number of nitrogens with one attached hydrogen (secondary N) is 2. The molecule has 3 aromatic heterocycles. The molecule has 1 saturated carbocycles. The van der Waals surface area contributed by atoms with E-state index in [1.165, 1.54) is 50.0 Å². The number of aliphatic hydroxyl groups is 1. The Bertz CT molecular complexity index is 2710. The molecule has 60 heavy (non-hydrogen) atoms. The monoisotopic (exact) mass is 881 g/mol. The first-order valence-corrected chi connectivity index (χ1v) is 20.4. The number of anilines is 1. The molecule has 4 unspecified atom stereocenters. The number of amides is 1. The zero-order valence-electron chi connectivity index (χ0n) is 32.1. The minimum Gasteiger partial charge on any atom is -0.381 e. The van der Waals surface area contributed by atoms with Crippen LogP contribution in [0.5, 0.6) is 0 Å². The maximum Gasteiger partial charge on any atom is 0.435 e. The smallest absolute Gasteiger partial charge is 0.381 e.